The van der Waals surface area contributed by atoms with Gasteiger partial charge in [0.1, 0.15) is 11.5 Å². The maximum Gasteiger partial charge on any atom is 0.305 e. The van der Waals surface area contributed by atoms with Gasteiger partial charge in [-0.25, -0.2) is 0 Å². The molecule has 0 amide bonds. The minimum Gasteiger partial charge on any atom is -0.492 e. The highest BCUT2D eigenvalue weighted by molar-refractivity contribution is 6.11. The first-order chi connectivity index (χ1) is 22.7. The molecule has 0 bridgehead atoms. The van der Waals surface area contributed by atoms with E-state index in [0.717, 1.165) is 84.4 Å². The zero-order valence-electron chi connectivity index (χ0n) is 28.6. The number of ether oxygens (including phenoxy) is 4. The molecule has 3 aromatic carbocycles. The van der Waals surface area contributed by atoms with Crippen molar-refractivity contribution in [2.75, 3.05) is 26.4 Å². The van der Waals surface area contributed by atoms with Crippen molar-refractivity contribution in [1.82, 2.24) is 0 Å². The Bertz CT molecular complexity index is 1130. The van der Waals surface area contributed by atoms with Crippen LogP contribution in [0.2, 0.25) is 0 Å². The summed E-state index contributed by atoms with van der Waals surface area (Å²) in [6, 6.07) is 16.9. The number of hydrogen-bond donors (Lipinski definition) is 0. The third-order valence-corrected chi connectivity index (χ3v) is 8.49. The molecule has 0 aliphatic carbocycles. The summed E-state index contributed by atoms with van der Waals surface area (Å²) in [7, 11) is 0. The van der Waals surface area contributed by atoms with Gasteiger partial charge < -0.3 is 18.9 Å². The SMILES string of the molecule is CCOC(=O)CCCCCCCCCCOc1c2ccccc2c(OCCCCCCCCCCC(=O)OCC)c2ccccc12. The quantitative estimate of drug-likeness (QED) is 0.0497. The summed E-state index contributed by atoms with van der Waals surface area (Å²) in [5.74, 6) is 1.78. The van der Waals surface area contributed by atoms with E-state index in [-0.39, 0.29) is 11.9 Å². The van der Waals surface area contributed by atoms with E-state index < -0.39 is 0 Å². The molecule has 0 unspecified atom stereocenters. The number of carbonyl (C=O) groups excluding carboxylic acids is 2. The lowest BCUT2D eigenvalue weighted by atomic mass is 10.0. The average Bonchev–Trinajstić information content (AvgIpc) is 3.06. The second-order valence-electron chi connectivity index (χ2n) is 12.2. The zero-order chi connectivity index (χ0) is 32.7. The van der Waals surface area contributed by atoms with Crippen LogP contribution in [-0.2, 0) is 19.1 Å². The van der Waals surface area contributed by atoms with Crippen molar-refractivity contribution >= 4 is 33.5 Å². The molecule has 0 aliphatic rings. The van der Waals surface area contributed by atoms with E-state index in [4.69, 9.17) is 18.9 Å². The first kappa shape index (κ1) is 37.2. The van der Waals surface area contributed by atoms with E-state index in [9.17, 15) is 9.59 Å². The molecule has 3 aromatic rings. The summed E-state index contributed by atoms with van der Waals surface area (Å²) >= 11 is 0. The maximum absolute atomic E-state index is 11.4. The third-order valence-electron chi connectivity index (χ3n) is 8.49. The Morgan fingerprint density at radius 2 is 0.717 bits per heavy atom. The van der Waals surface area contributed by atoms with Crippen molar-refractivity contribution in [2.45, 2.75) is 129 Å². The van der Waals surface area contributed by atoms with Gasteiger partial charge in [-0.3, -0.25) is 9.59 Å². The van der Waals surface area contributed by atoms with Crippen LogP contribution in [-0.4, -0.2) is 38.4 Å². The highest BCUT2D eigenvalue weighted by Gasteiger charge is 2.16. The predicted octanol–water partition coefficient (Wildman–Crippen LogP) is 10.9. The Morgan fingerprint density at radius 1 is 0.435 bits per heavy atom. The third kappa shape index (κ3) is 13.6. The molecular formula is C40H58O6. The Labute approximate surface area is 277 Å². The Morgan fingerprint density at radius 3 is 1.02 bits per heavy atom. The van der Waals surface area contributed by atoms with Crippen molar-refractivity contribution in [2.24, 2.45) is 0 Å². The van der Waals surface area contributed by atoms with E-state index in [2.05, 4.69) is 48.5 Å². The number of benzene rings is 3. The Balaban J connectivity index is 1.38. The van der Waals surface area contributed by atoms with Crippen LogP contribution in [0.25, 0.3) is 21.5 Å². The Hall–Kier alpha value is -3.28. The molecule has 0 aliphatic heterocycles. The maximum atomic E-state index is 11.4. The number of hydrogen-bond acceptors (Lipinski definition) is 6. The smallest absolute Gasteiger partial charge is 0.305 e. The number of unbranched alkanes of at least 4 members (excludes halogenated alkanes) is 14. The largest absolute Gasteiger partial charge is 0.492 e. The number of carbonyl (C=O) groups is 2. The normalized spacial score (nSPS) is 11.2. The molecule has 6 heteroatoms. The van der Waals surface area contributed by atoms with E-state index in [1.54, 1.807) is 0 Å². The van der Waals surface area contributed by atoms with Crippen LogP contribution >= 0.6 is 0 Å². The fraction of sp³-hybridized carbons (Fsp3) is 0.600. The summed E-state index contributed by atoms with van der Waals surface area (Å²) in [5, 5.41) is 4.45. The molecular weight excluding hydrogens is 576 g/mol. The monoisotopic (exact) mass is 634 g/mol. The van der Waals surface area contributed by atoms with Crippen LogP contribution in [0.5, 0.6) is 11.5 Å². The summed E-state index contributed by atoms with van der Waals surface area (Å²) in [4.78, 5) is 22.9. The van der Waals surface area contributed by atoms with Crippen molar-refractivity contribution in [3.05, 3.63) is 48.5 Å². The van der Waals surface area contributed by atoms with Crippen molar-refractivity contribution in [1.29, 1.82) is 0 Å². The van der Waals surface area contributed by atoms with Crippen LogP contribution < -0.4 is 9.47 Å². The summed E-state index contributed by atoms with van der Waals surface area (Å²) in [5.41, 5.74) is 0. The molecule has 0 aromatic heterocycles. The zero-order valence-corrected chi connectivity index (χ0v) is 28.6. The van der Waals surface area contributed by atoms with Gasteiger partial charge in [0.05, 0.1) is 26.4 Å². The minimum absolute atomic E-state index is 0.0691. The highest BCUT2D eigenvalue weighted by Crippen LogP contribution is 2.42. The van der Waals surface area contributed by atoms with Gasteiger partial charge in [0.25, 0.3) is 0 Å². The topological polar surface area (TPSA) is 71.1 Å². The fourth-order valence-electron chi connectivity index (χ4n) is 6.04. The number of fused-ring (bicyclic) bond motifs is 2. The standard InChI is InChI=1S/C40H58O6/c1-3-43-37(41)29-17-13-9-5-7-11-15-23-31-45-39-33-25-19-21-27-35(33)40(36-28-22-20-26-34(36)39)46-32-24-16-12-8-6-10-14-18-30-38(42)44-4-2/h19-22,25-28H,3-18,23-24,29-32H2,1-2H3. The van der Waals surface area contributed by atoms with Crippen LogP contribution in [0.15, 0.2) is 48.5 Å². The van der Waals surface area contributed by atoms with Crippen molar-refractivity contribution < 1.29 is 28.5 Å². The van der Waals surface area contributed by atoms with Gasteiger partial charge in [0.15, 0.2) is 0 Å². The molecule has 6 nitrogen and oxygen atoms in total. The van der Waals surface area contributed by atoms with Crippen LogP contribution in [0.3, 0.4) is 0 Å². The van der Waals surface area contributed by atoms with Crippen molar-refractivity contribution in [3.63, 3.8) is 0 Å². The van der Waals surface area contributed by atoms with E-state index in [1.807, 2.05) is 13.8 Å². The molecule has 0 fully saturated rings. The molecule has 0 saturated carbocycles. The first-order valence-electron chi connectivity index (χ1n) is 18.2. The van der Waals surface area contributed by atoms with Crippen LogP contribution in [0.1, 0.15) is 129 Å². The van der Waals surface area contributed by atoms with Gasteiger partial charge in [0.2, 0.25) is 0 Å². The molecule has 0 saturated heterocycles. The summed E-state index contributed by atoms with van der Waals surface area (Å²) in [6.07, 6.45) is 19.3. The van der Waals surface area contributed by atoms with Gasteiger partial charge in [0, 0.05) is 34.4 Å². The lowest BCUT2D eigenvalue weighted by molar-refractivity contribution is -0.144. The van der Waals surface area contributed by atoms with Gasteiger partial charge in [-0.2, -0.15) is 0 Å². The molecule has 3 rings (SSSR count). The highest BCUT2D eigenvalue weighted by atomic mass is 16.5. The van der Waals surface area contributed by atoms with E-state index >= 15 is 0 Å². The fourth-order valence-corrected chi connectivity index (χ4v) is 6.04. The molecule has 0 radical (unpaired) electrons. The van der Waals surface area contributed by atoms with Crippen LogP contribution in [0, 0.1) is 0 Å². The van der Waals surface area contributed by atoms with Crippen LogP contribution in [0.4, 0.5) is 0 Å². The second kappa shape index (κ2) is 23.1. The Kier molecular flexibility index (Phi) is 18.7. The molecule has 254 valence electrons. The molecule has 0 N–H and O–H groups in total. The molecule has 0 heterocycles. The van der Waals surface area contributed by atoms with E-state index in [1.165, 1.54) is 51.4 Å². The summed E-state index contributed by atoms with van der Waals surface area (Å²) in [6.45, 7) is 6.07. The lowest BCUT2D eigenvalue weighted by Crippen LogP contribution is -2.03. The first-order valence-corrected chi connectivity index (χ1v) is 18.2. The average molecular weight is 635 g/mol. The minimum atomic E-state index is -0.0691. The molecule has 46 heavy (non-hydrogen) atoms. The second-order valence-corrected chi connectivity index (χ2v) is 12.2. The molecule has 0 atom stereocenters. The number of esters is 2. The van der Waals surface area contributed by atoms with Crippen molar-refractivity contribution in [3.8, 4) is 11.5 Å². The van der Waals surface area contributed by atoms with Gasteiger partial charge in [-0.15, -0.1) is 0 Å². The van der Waals surface area contributed by atoms with E-state index in [0.29, 0.717) is 39.3 Å². The predicted molar refractivity (Wildman–Crippen MR) is 189 cm³/mol. The van der Waals surface area contributed by atoms with Gasteiger partial charge >= 0.3 is 11.9 Å². The lowest BCUT2D eigenvalue weighted by Gasteiger charge is -2.18. The number of rotatable bonds is 26. The summed E-state index contributed by atoms with van der Waals surface area (Å²) < 4.78 is 23.0. The molecule has 0 spiro atoms. The van der Waals surface area contributed by atoms with Gasteiger partial charge in [-0.1, -0.05) is 126 Å². The van der Waals surface area contributed by atoms with Gasteiger partial charge in [-0.05, 0) is 39.5 Å².